The molecule has 0 saturated carbocycles. The van der Waals surface area contributed by atoms with Gasteiger partial charge in [-0.25, -0.2) is 0 Å². The van der Waals surface area contributed by atoms with Gasteiger partial charge in [0.15, 0.2) is 0 Å². The fourth-order valence-corrected chi connectivity index (χ4v) is 1.35. The second-order valence-corrected chi connectivity index (χ2v) is 3.74. The largest absolute Gasteiger partial charge is 0.497 e. The van der Waals surface area contributed by atoms with Gasteiger partial charge in [-0.2, -0.15) is 0 Å². The molecule has 0 bridgehead atoms. The summed E-state index contributed by atoms with van der Waals surface area (Å²) in [6.07, 6.45) is 0.208. The van der Waals surface area contributed by atoms with Crippen molar-refractivity contribution in [3.8, 4) is 5.75 Å². The van der Waals surface area contributed by atoms with Crippen LogP contribution in [0.15, 0.2) is 18.2 Å². The summed E-state index contributed by atoms with van der Waals surface area (Å²) in [5.41, 5.74) is 7.72. The first kappa shape index (κ1) is 12.8. The van der Waals surface area contributed by atoms with Crippen LogP contribution in [0.4, 0.5) is 5.69 Å². The zero-order valence-electron chi connectivity index (χ0n) is 10.1. The highest BCUT2D eigenvalue weighted by atomic mass is 16.5. The van der Waals surface area contributed by atoms with Crippen LogP contribution in [-0.4, -0.2) is 26.9 Å². The first-order valence-electron chi connectivity index (χ1n) is 5.33. The number of hydrogen-bond acceptors (Lipinski definition) is 4. The number of ether oxygens (including phenoxy) is 2. The quantitative estimate of drug-likeness (QED) is 0.717. The van der Waals surface area contributed by atoms with Crippen molar-refractivity contribution in [1.82, 2.24) is 5.32 Å². The van der Waals surface area contributed by atoms with Gasteiger partial charge in [-0.3, -0.25) is 0 Å². The van der Waals surface area contributed by atoms with Crippen molar-refractivity contribution in [3.63, 3.8) is 0 Å². The molecule has 1 unspecified atom stereocenters. The van der Waals surface area contributed by atoms with Gasteiger partial charge in [-0.05, 0) is 18.6 Å². The Labute approximate surface area is 96.7 Å². The lowest BCUT2D eigenvalue weighted by atomic mass is 10.1. The minimum absolute atomic E-state index is 0.208. The van der Waals surface area contributed by atoms with Crippen LogP contribution >= 0.6 is 0 Å². The van der Waals surface area contributed by atoms with Gasteiger partial charge in [0.05, 0.1) is 13.2 Å². The molecule has 16 heavy (non-hydrogen) atoms. The molecule has 0 aliphatic carbocycles. The van der Waals surface area contributed by atoms with E-state index in [1.165, 1.54) is 0 Å². The van der Waals surface area contributed by atoms with Gasteiger partial charge in [-0.1, -0.05) is 6.07 Å². The Kier molecular flexibility index (Phi) is 5.08. The molecule has 0 saturated heterocycles. The van der Waals surface area contributed by atoms with E-state index in [1.807, 2.05) is 25.1 Å². The number of rotatable bonds is 6. The first-order chi connectivity index (χ1) is 7.67. The highest BCUT2D eigenvalue weighted by Gasteiger charge is 2.02. The van der Waals surface area contributed by atoms with Crippen LogP contribution in [0.25, 0.3) is 0 Å². The summed E-state index contributed by atoms with van der Waals surface area (Å²) in [6, 6.07) is 5.71. The van der Waals surface area contributed by atoms with Gasteiger partial charge < -0.3 is 20.5 Å². The number of nitrogen functional groups attached to an aromatic ring is 1. The first-order valence-corrected chi connectivity index (χ1v) is 5.33. The van der Waals surface area contributed by atoms with Crippen LogP contribution in [0, 0.1) is 0 Å². The number of nitrogens with two attached hydrogens (primary N) is 1. The van der Waals surface area contributed by atoms with E-state index < -0.39 is 0 Å². The Morgan fingerprint density at radius 1 is 1.38 bits per heavy atom. The Morgan fingerprint density at radius 2 is 2.12 bits per heavy atom. The normalized spacial score (nSPS) is 12.4. The van der Waals surface area contributed by atoms with E-state index in [9.17, 15) is 0 Å². The van der Waals surface area contributed by atoms with Gasteiger partial charge >= 0.3 is 0 Å². The summed E-state index contributed by atoms with van der Waals surface area (Å²) in [6.45, 7) is 3.57. The van der Waals surface area contributed by atoms with E-state index >= 15 is 0 Å². The molecule has 0 aliphatic heterocycles. The van der Waals surface area contributed by atoms with Gasteiger partial charge in [0.1, 0.15) is 5.75 Å². The molecule has 1 rings (SSSR count). The lowest BCUT2D eigenvalue weighted by Crippen LogP contribution is -2.25. The zero-order valence-corrected chi connectivity index (χ0v) is 10.1. The van der Waals surface area contributed by atoms with Crippen molar-refractivity contribution >= 4 is 5.69 Å². The number of nitrogens with one attached hydrogen (secondary N) is 1. The molecule has 4 nitrogen and oxygen atoms in total. The molecule has 90 valence electrons. The summed E-state index contributed by atoms with van der Waals surface area (Å²) in [7, 11) is 3.33. The smallest absolute Gasteiger partial charge is 0.120 e. The number of methoxy groups -OCH3 is 2. The molecule has 3 N–H and O–H groups in total. The SMILES string of the molecule is COc1ccc(CNCC(C)OC)c(N)c1. The standard InChI is InChI=1S/C12H20N2O2/c1-9(15-2)7-14-8-10-4-5-11(16-3)6-12(10)13/h4-6,9,14H,7-8,13H2,1-3H3. The van der Waals surface area contributed by atoms with E-state index in [0.29, 0.717) is 0 Å². The van der Waals surface area contributed by atoms with E-state index in [0.717, 1.165) is 30.1 Å². The van der Waals surface area contributed by atoms with Crippen LogP contribution in [0.1, 0.15) is 12.5 Å². The van der Waals surface area contributed by atoms with E-state index in [2.05, 4.69) is 5.32 Å². The Morgan fingerprint density at radius 3 is 2.69 bits per heavy atom. The highest BCUT2D eigenvalue weighted by Crippen LogP contribution is 2.19. The van der Waals surface area contributed by atoms with Gasteiger partial charge in [-0.15, -0.1) is 0 Å². The number of anilines is 1. The fraction of sp³-hybridized carbons (Fsp3) is 0.500. The third-order valence-corrected chi connectivity index (χ3v) is 2.50. The maximum absolute atomic E-state index is 5.90. The van der Waals surface area contributed by atoms with Gasteiger partial charge in [0.25, 0.3) is 0 Å². The summed E-state index contributed by atoms with van der Waals surface area (Å²) in [4.78, 5) is 0. The molecule has 0 fully saturated rings. The summed E-state index contributed by atoms with van der Waals surface area (Å²) in [5.74, 6) is 0.784. The molecule has 1 atom stereocenters. The van der Waals surface area contributed by atoms with Crippen LogP contribution in [-0.2, 0) is 11.3 Å². The van der Waals surface area contributed by atoms with Crippen molar-refractivity contribution in [3.05, 3.63) is 23.8 Å². The molecular weight excluding hydrogens is 204 g/mol. The second-order valence-electron chi connectivity index (χ2n) is 3.74. The lowest BCUT2D eigenvalue weighted by molar-refractivity contribution is 0.117. The summed E-state index contributed by atoms with van der Waals surface area (Å²) < 4.78 is 10.2. The van der Waals surface area contributed by atoms with Crippen LogP contribution in [0.2, 0.25) is 0 Å². The van der Waals surface area contributed by atoms with Gasteiger partial charge in [0, 0.05) is 32.0 Å². The molecular formula is C12H20N2O2. The summed E-state index contributed by atoms with van der Waals surface area (Å²) >= 11 is 0. The summed E-state index contributed by atoms with van der Waals surface area (Å²) in [5, 5.41) is 3.28. The molecule has 1 aromatic carbocycles. The Bertz CT molecular complexity index is 329. The van der Waals surface area contributed by atoms with Gasteiger partial charge in [0.2, 0.25) is 0 Å². The van der Waals surface area contributed by atoms with Crippen molar-refractivity contribution in [2.45, 2.75) is 19.6 Å². The zero-order chi connectivity index (χ0) is 12.0. The molecule has 0 heterocycles. The predicted octanol–water partition coefficient (Wildman–Crippen LogP) is 1.40. The predicted molar refractivity (Wildman–Crippen MR) is 65.6 cm³/mol. The number of benzene rings is 1. The monoisotopic (exact) mass is 224 g/mol. The lowest BCUT2D eigenvalue weighted by Gasteiger charge is -2.12. The average molecular weight is 224 g/mol. The highest BCUT2D eigenvalue weighted by molar-refractivity contribution is 5.51. The molecule has 0 aliphatic rings. The van der Waals surface area contributed by atoms with Crippen molar-refractivity contribution < 1.29 is 9.47 Å². The Hall–Kier alpha value is -1.26. The maximum Gasteiger partial charge on any atom is 0.120 e. The third kappa shape index (κ3) is 3.72. The molecule has 0 aromatic heterocycles. The van der Waals surface area contributed by atoms with E-state index in [4.69, 9.17) is 15.2 Å². The second kappa shape index (κ2) is 6.35. The van der Waals surface area contributed by atoms with E-state index in [-0.39, 0.29) is 6.10 Å². The van der Waals surface area contributed by atoms with Crippen molar-refractivity contribution in [2.75, 3.05) is 26.5 Å². The van der Waals surface area contributed by atoms with Crippen LogP contribution in [0.5, 0.6) is 5.75 Å². The average Bonchev–Trinajstić information content (AvgIpc) is 2.30. The fourth-order valence-electron chi connectivity index (χ4n) is 1.35. The maximum atomic E-state index is 5.90. The van der Waals surface area contributed by atoms with E-state index in [1.54, 1.807) is 14.2 Å². The van der Waals surface area contributed by atoms with Crippen LogP contribution < -0.4 is 15.8 Å². The third-order valence-electron chi connectivity index (χ3n) is 2.50. The van der Waals surface area contributed by atoms with Crippen molar-refractivity contribution in [2.24, 2.45) is 0 Å². The molecule has 0 amide bonds. The van der Waals surface area contributed by atoms with Crippen molar-refractivity contribution in [1.29, 1.82) is 0 Å². The molecule has 1 aromatic rings. The Balaban J connectivity index is 2.48. The molecule has 4 heteroatoms. The topological polar surface area (TPSA) is 56.5 Å². The molecule has 0 radical (unpaired) electrons. The minimum Gasteiger partial charge on any atom is -0.497 e. The van der Waals surface area contributed by atoms with Crippen LogP contribution in [0.3, 0.4) is 0 Å². The molecule has 0 spiro atoms. The minimum atomic E-state index is 0.208. The number of hydrogen-bond donors (Lipinski definition) is 2.